The van der Waals surface area contributed by atoms with E-state index in [-0.39, 0.29) is 11.4 Å². The summed E-state index contributed by atoms with van der Waals surface area (Å²) in [4.78, 5) is 0. The van der Waals surface area contributed by atoms with Crippen molar-refractivity contribution in [3.63, 3.8) is 0 Å². The first-order valence-electron chi connectivity index (χ1n) is 8.55. The van der Waals surface area contributed by atoms with Gasteiger partial charge in [-0.2, -0.15) is 0 Å². The molecular weight excluding hydrogens is 263 g/mol. The van der Waals surface area contributed by atoms with Crippen LogP contribution in [0.4, 0.5) is 4.39 Å². The summed E-state index contributed by atoms with van der Waals surface area (Å²) in [7, 11) is 0. The summed E-state index contributed by atoms with van der Waals surface area (Å²) >= 11 is 0. The van der Waals surface area contributed by atoms with Crippen LogP contribution in [0.2, 0.25) is 0 Å². The summed E-state index contributed by atoms with van der Waals surface area (Å²) in [5.74, 6) is 0.478. The van der Waals surface area contributed by atoms with E-state index < -0.39 is 0 Å². The lowest BCUT2D eigenvalue weighted by Gasteiger charge is -2.44. The van der Waals surface area contributed by atoms with Crippen molar-refractivity contribution in [3.05, 3.63) is 35.1 Å². The van der Waals surface area contributed by atoms with Crippen LogP contribution in [-0.4, -0.2) is 19.1 Å². The summed E-state index contributed by atoms with van der Waals surface area (Å²) in [5.41, 5.74) is 2.39. The van der Waals surface area contributed by atoms with Gasteiger partial charge in [0.05, 0.1) is 0 Å². The molecule has 2 saturated carbocycles. The van der Waals surface area contributed by atoms with Crippen LogP contribution in [0.15, 0.2) is 18.2 Å². The molecule has 1 atom stereocenters. The first-order chi connectivity index (χ1) is 10.3. The lowest BCUT2D eigenvalue weighted by Crippen LogP contribution is -2.51. The number of nitrogens with one attached hydrogen (secondary N) is 2. The molecule has 1 aliphatic heterocycles. The average molecular weight is 288 g/mol. The van der Waals surface area contributed by atoms with Gasteiger partial charge in [0, 0.05) is 18.1 Å². The number of hydrogen-bond acceptors (Lipinski definition) is 2. The van der Waals surface area contributed by atoms with Gasteiger partial charge >= 0.3 is 0 Å². The molecule has 2 aliphatic carbocycles. The molecule has 1 saturated heterocycles. The quantitative estimate of drug-likeness (QED) is 0.867. The predicted molar refractivity (Wildman–Crippen MR) is 82.9 cm³/mol. The summed E-state index contributed by atoms with van der Waals surface area (Å²) < 4.78 is 14.0. The fourth-order valence-electron chi connectivity index (χ4n) is 3.90. The third-order valence-corrected chi connectivity index (χ3v) is 5.62. The maximum absolute atomic E-state index is 14.0. The largest absolute Gasteiger partial charge is 0.313 e. The van der Waals surface area contributed by atoms with Crippen molar-refractivity contribution in [1.82, 2.24) is 10.6 Å². The van der Waals surface area contributed by atoms with E-state index in [0.717, 1.165) is 31.5 Å². The maximum Gasteiger partial charge on any atom is 0.126 e. The van der Waals surface area contributed by atoms with Gasteiger partial charge in [0.2, 0.25) is 0 Å². The molecule has 1 aromatic carbocycles. The molecule has 0 aromatic heterocycles. The SMILES string of the molecule is Fc1ccc(C2(NCC3CCCN3)CCC2)cc1C1CC1. The minimum absolute atomic E-state index is 0.00631. The van der Waals surface area contributed by atoms with Crippen LogP contribution in [0.5, 0.6) is 0 Å². The lowest BCUT2D eigenvalue weighted by atomic mass is 9.71. The summed E-state index contributed by atoms with van der Waals surface area (Å²) in [6.07, 6.45) is 8.55. The van der Waals surface area contributed by atoms with E-state index in [9.17, 15) is 4.39 Å². The van der Waals surface area contributed by atoms with E-state index in [4.69, 9.17) is 0 Å². The number of halogens is 1. The highest BCUT2D eigenvalue weighted by molar-refractivity contribution is 5.36. The first kappa shape index (κ1) is 13.7. The second-order valence-electron chi connectivity index (χ2n) is 7.12. The van der Waals surface area contributed by atoms with Crippen molar-refractivity contribution in [2.75, 3.05) is 13.1 Å². The van der Waals surface area contributed by atoms with Gasteiger partial charge in [0.1, 0.15) is 5.82 Å². The molecule has 0 spiro atoms. The summed E-state index contributed by atoms with van der Waals surface area (Å²) in [6.45, 7) is 2.19. The van der Waals surface area contributed by atoms with Gasteiger partial charge in [-0.05, 0) is 74.6 Å². The molecule has 4 rings (SSSR count). The number of benzene rings is 1. The highest BCUT2D eigenvalue weighted by Gasteiger charge is 2.39. The Hall–Kier alpha value is -0.930. The number of hydrogen-bond donors (Lipinski definition) is 2. The van der Waals surface area contributed by atoms with Crippen LogP contribution in [0.3, 0.4) is 0 Å². The molecule has 2 N–H and O–H groups in total. The molecule has 0 radical (unpaired) electrons. The molecule has 3 aliphatic rings. The van der Waals surface area contributed by atoms with Crippen molar-refractivity contribution in [2.24, 2.45) is 0 Å². The normalized spacial score (nSPS) is 27.6. The molecule has 0 bridgehead atoms. The molecule has 3 heteroatoms. The van der Waals surface area contributed by atoms with Crippen molar-refractivity contribution < 1.29 is 4.39 Å². The summed E-state index contributed by atoms with van der Waals surface area (Å²) in [5, 5.41) is 7.37. The Morgan fingerprint density at radius 1 is 1.19 bits per heavy atom. The molecule has 3 fully saturated rings. The van der Waals surface area contributed by atoms with Crippen molar-refractivity contribution in [3.8, 4) is 0 Å². The van der Waals surface area contributed by atoms with Gasteiger partial charge in [-0.1, -0.05) is 12.1 Å². The molecule has 114 valence electrons. The zero-order valence-corrected chi connectivity index (χ0v) is 12.6. The van der Waals surface area contributed by atoms with E-state index in [1.165, 1.54) is 37.7 Å². The van der Waals surface area contributed by atoms with Crippen LogP contribution in [0.1, 0.15) is 62.0 Å². The van der Waals surface area contributed by atoms with Crippen molar-refractivity contribution in [2.45, 2.75) is 62.4 Å². The predicted octanol–water partition coefficient (Wildman–Crippen LogP) is 3.42. The zero-order valence-electron chi connectivity index (χ0n) is 12.6. The molecular formula is C18H25FN2. The Bertz CT molecular complexity index is 514. The Balaban J connectivity index is 1.52. The standard InChI is InChI=1S/C18H25FN2/c19-17-7-6-14(11-16(17)13-4-5-13)18(8-2-9-18)21-12-15-3-1-10-20-15/h6-7,11,13,15,20-21H,1-5,8-10,12H2. The third-order valence-electron chi connectivity index (χ3n) is 5.62. The second kappa shape index (κ2) is 5.36. The first-order valence-corrected chi connectivity index (χ1v) is 8.55. The van der Waals surface area contributed by atoms with Gasteiger partial charge in [0.15, 0.2) is 0 Å². The Morgan fingerprint density at radius 2 is 2.05 bits per heavy atom. The Labute approximate surface area is 126 Å². The van der Waals surface area contributed by atoms with Gasteiger partial charge < -0.3 is 10.6 Å². The fourth-order valence-corrected chi connectivity index (χ4v) is 3.90. The zero-order chi connectivity index (χ0) is 14.3. The van der Waals surface area contributed by atoms with Gasteiger partial charge in [-0.25, -0.2) is 4.39 Å². The van der Waals surface area contributed by atoms with E-state index in [0.29, 0.717) is 12.0 Å². The average Bonchev–Trinajstić information content (AvgIpc) is 3.15. The second-order valence-corrected chi connectivity index (χ2v) is 7.12. The van der Waals surface area contributed by atoms with Crippen LogP contribution >= 0.6 is 0 Å². The van der Waals surface area contributed by atoms with Crippen molar-refractivity contribution in [1.29, 1.82) is 0 Å². The van der Waals surface area contributed by atoms with Gasteiger partial charge in [-0.15, -0.1) is 0 Å². The Morgan fingerprint density at radius 3 is 2.67 bits per heavy atom. The van der Waals surface area contributed by atoms with E-state index in [1.54, 1.807) is 6.07 Å². The molecule has 0 amide bonds. The molecule has 1 heterocycles. The van der Waals surface area contributed by atoms with Gasteiger partial charge in [-0.3, -0.25) is 0 Å². The molecule has 2 nitrogen and oxygen atoms in total. The third kappa shape index (κ3) is 2.62. The highest BCUT2D eigenvalue weighted by atomic mass is 19.1. The van der Waals surface area contributed by atoms with E-state index in [2.05, 4.69) is 16.7 Å². The van der Waals surface area contributed by atoms with Gasteiger partial charge in [0.25, 0.3) is 0 Å². The summed E-state index contributed by atoms with van der Waals surface area (Å²) in [6, 6.07) is 6.47. The van der Waals surface area contributed by atoms with E-state index >= 15 is 0 Å². The minimum Gasteiger partial charge on any atom is -0.313 e. The Kier molecular flexibility index (Phi) is 3.50. The van der Waals surface area contributed by atoms with Crippen molar-refractivity contribution >= 4 is 0 Å². The monoisotopic (exact) mass is 288 g/mol. The minimum atomic E-state index is -0.00631. The molecule has 1 unspecified atom stereocenters. The topological polar surface area (TPSA) is 24.1 Å². The van der Waals surface area contributed by atoms with Crippen LogP contribution in [0, 0.1) is 5.82 Å². The molecule has 21 heavy (non-hydrogen) atoms. The fraction of sp³-hybridized carbons (Fsp3) is 0.667. The lowest BCUT2D eigenvalue weighted by molar-refractivity contribution is 0.180. The number of rotatable bonds is 5. The van der Waals surface area contributed by atoms with Crippen LogP contribution in [-0.2, 0) is 5.54 Å². The van der Waals surface area contributed by atoms with Crippen LogP contribution in [0.25, 0.3) is 0 Å². The maximum atomic E-state index is 14.0. The van der Waals surface area contributed by atoms with E-state index in [1.807, 2.05) is 6.07 Å². The highest BCUT2D eigenvalue weighted by Crippen LogP contribution is 2.46. The smallest absolute Gasteiger partial charge is 0.126 e. The van der Waals surface area contributed by atoms with Crippen LogP contribution < -0.4 is 10.6 Å². The molecule has 1 aromatic rings.